The molecule has 2 atom stereocenters. The Morgan fingerprint density at radius 3 is 2.32 bits per heavy atom. The van der Waals surface area contributed by atoms with Gasteiger partial charge >= 0.3 is 0 Å². The van der Waals surface area contributed by atoms with E-state index in [9.17, 15) is 35.9 Å². The molecule has 6 nitrogen and oxygen atoms in total. The normalized spacial score (nSPS) is 20.3. The topological polar surface area (TPSA) is 86.7 Å². The molecular formula is C17H14F4N2O4S. The van der Waals surface area contributed by atoms with Crippen LogP contribution in [0.4, 0.5) is 23.2 Å². The van der Waals surface area contributed by atoms with Crippen LogP contribution < -0.4 is 5.32 Å². The van der Waals surface area contributed by atoms with Gasteiger partial charge in [0.25, 0.3) is 5.91 Å². The second-order valence-electron chi connectivity index (χ2n) is 6.14. The zero-order chi connectivity index (χ0) is 20.6. The predicted octanol–water partition coefficient (Wildman–Crippen LogP) is 2.06. The van der Waals surface area contributed by atoms with Crippen LogP contribution in [0.1, 0.15) is 10.4 Å². The van der Waals surface area contributed by atoms with Crippen LogP contribution in [0.3, 0.4) is 0 Å². The summed E-state index contributed by atoms with van der Waals surface area (Å²) in [6.45, 7) is -0.942. The molecule has 2 aromatic rings. The van der Waals surface area contributed by atoms with E-state index in [1.807, 2.05) is 0 Å². The Balaban J connectivity index is 1.84. The molecule has 28 heavy (non-hydrogen) atoms. The Labute approximate surface area is 157 Å². The fraction of sp³-hybridized carbons (Fsp3) is 0.235. The number of rotatable bonds is 4. The number of halogens is 4. The summed E-state index contributed by atoms with van der Waals surface area (Å²) in [7, 11) is -4.17. The van der Waals surface area contributed by atoms with Crippen molar-refractivity contribution in [3.63, 3.8) is 0 Å². The number of nitrogens with one attached hydrogen (secondary N) is 1. The first-order valence-electron chi connectivity index (χ1n) is 7.98. The third kappa shape index (κ3) is 3.86. The number of benzene rings is 2. The van der Waals surface area contributed by atoms with E-state index in [1.54, 1.807) is 0 Å². The molecule has 2 aromatic carbocycles. The number of sulfonamides is 1. The lowest BCUT2D eigenvalue weighted by Gasteiger charge is -2.16. The first kappa shape index (κ1) is 20.2. The second-order valence-corrected chi connectivity index (χ2v) is 8.08. The van der Waals surface area contributed by atoms with E-state index >= 15 is 0 Å². The number of hydrogen-bond donors (Lipinski definition) is 2. The van der Waals surface area contributed by atoms with Crippen molar-refractivity contribution in [3.05, 3.63) is 59.4 Å². The molecule has 11 heteroatoms. The van der Waals surface area contributed by atoms with Crippen molar-refractivity contribution >= 4 is 21.6 Å². The number of carbonyl (C=O) groups is 1. The van der Waals surface area contributed by atoms with Gasteiger partial charge in [0, 0.05) is 36.5 Å². The highest BCUT2D eigenvalue weighted by atomic mass is 32.2. The molecule has 1 amide bonds. The summed E-state index contributed by atoms with van der Waals surface area (Å²) in [5.74, 6) is -5.59. The van der Waals surface area contributed by atoms with E-state index in [0.29, 0.717) is 12.1 Å². The Morgan fingerprint density at radius 2 is 1.75 bits per heavy atom. The molecule has 2 N–H and O–H groups in total. The molecule has 1 aliphatic heterocycles. The van der Waals surface area contributed by atoms with E-state index in [-0.39, 0.29) is 16.1 Å². The van der Waals surface area contributed by atoms with Crippen LogP contribution in [0.15, 0.2) is 41.3 Å². The average molecular weight is 418 g/mol. The maximum Gasteiger partial charge on any atom is 0.255 e. The Bertz CT molecular complexity index is 999. The van der Waals surface area contributed by atoms with Crippen molar-refractivity contribution in [2.45, 2.75) is 17.2 Å². The van der Waals surface area contributed by atoms with Gasteiger partial charge < -0.3 is 10.4 Å². The average Bonchev–Trinajstić information content (AvgIpc) is 2.99. The van der Waals surface area contributed by atoms with Gasteiger partial charge in [0.1, 0.15) is 12.3 Å². The quantitative estimate of drug-likeness (QED) is 0.588. The largest absolute Gasteiger partial charge is 0.389 e. The summed E-state index contributed by atoms with van der Waals surface area (Å²) in [5, 5.41) is 11.6. The van der Waals surface area contributed by atoms with E-state index in [4.69, 9.17) is 0 Å². The number of alkyl halides is 1. The van der Waals surface area contributed by atoms with Crippen molar-refractivity contribution in [2.75, 3.05) is 18.4 Å². The van der Waals surface area contributed by atoms with Crippen LogP contribution in [0.25, 0.3) is 0 Å². The lowest BCUT2D eigenvalue weighted by Crippen LogP contribution is -2.30. The summed E-state index contributed by atoms with van der Waals surface area (Å²) in [6.07, 6.45) is -3.16. The Kier molecular flexibility index (Phi) is 5.41. The molecule has 0 aliphatic carbocycles. The van der Waals surface area contributed by atoms with Gasteiger partial charge in [-0.25, -0.2) is 26.0 Å². The smallest absolute Gasteiger partial charge is 0.255 e. The number of aliphatic hydroxyl groups is 1. The predicted molar refractivity (Wildman–Crippen MR) is 90.4 cm³/mol. The van der Waals surface area contributed by atoms with Gasteiger partial charge in [-0.2, -0.15) is 4.31 Å². The second kappa shape index (κ2) is 7.49. The van der Waals surface area contributed by atoms with Crippen molar-refractivity contribution in [3.8, 4) is 0 Å². The van der Waals surface area contributed by atoms with Gasteiger partial charge in [-0.3, -0.25) is 4.79 Å². The van der Waals surface area contributed by atoms with Crippen LogP contribution in [0, 0.1) is 17.5 Å². The van der Waals surface area contributed by atoms with Crippen molar-refractivity contribution in [1.82, 2.24) is 4.31 Å². The zero-order valence-electron chi connectivity index (χ0n) is 14.1. The van der Waals surface area contributed by atoms with E-state index in [0.717, 1.165) is 10.4 Å². The SMILES string of the molecule is O=C(Nc1cc(F)c(F)c(F)c1)c1cccc(S(=O)(=O)N2CC(O)C(F)C2)c1. The monoisotopic (exact) mass is 418 g/mol. The molecule has 0 aromatic heterocycles. The minimum atomic E-state index is -4.17. The van der Waals surface area contributed by atoms with Crippen molar-refractivity contribution in [2.24, 2.45) is 0 Å². The number of carbonyl (C=O) groups excluding carboxylic acids is 1. The fourth-order valence-electron chi connectivity index (χ4n) is 2.69. The maximum atomic E-state index is 13.4. The van der Waals surface area contributed by atoms with Gasteiger partial charge in [0.15, 0.2) is 17.5 Å². The lowest BCUT2D eigenvalue weighted by atomic mass is 10.2. The Morgan fingerprint density at radius 1 is 1.11 bits per heavy atom. The zero-order valence-corrected chi connectivity index (χ0v) is 14.9. The minimum Gasteiger partial charge on any atom is -0.389 e. The van der Waals surface area contributed by atoms with Crippen LogP contribution >= 0.6 is 0 Å². The van der Waals surface area contributed by atoms with Crippen LogP contribution in [-0.4, -0.2) is 49.1 Å². The first-order valence-corrected chi connectivity index (χ1v) is 9.42. The molecule has 2 unspecified atom stereocenters. The number of amides is 1. The molecule has 0 radical (unpaired) electrons. The molecule has 0 spiro atoms. The molecule has 0 saturated carbocycles. The van der Waals surface area contributed by atoms with E-state index < -0.39 is 58.7 Å². The molecule has 150 valence electrons. The summed E-state index contributed by atoms with van der Waals surface area (Å²) >= 11 is 0. The van der Waals surface area contributed by atoms with Crippen LogP contribution in [0.2, 0.25) is 0 Å². The van der Waals surface area contributed by atoms with Gasteiger partial charge in [-0.15, -0.1) is 0 Å². The van der Waals surface area contributed by atoms with Crippen molar-refractivity contribution < 1.29 is 35.9 Å². The lowest BCUT2D eigenvalue weighted by molar-refractivity contribution is 0.102. The van der Waals surface area contributed by atoms with E-state index in [2.05, 4.69) is 5.32 Å². The molecule has 1 heterocycles. The standard InChI is InChI=1S/C17H14F4N2O4S/c18-12-5-10(6-13(19)16(12)21)22-17(25)9-2-1-3-11(4-9)28(26,27)23-7-14(20)15(24)8-23/h1-6,14-15,24H,7-8H2,(H,22,25). The summed E-state index contributed by atoms with van der Waals surface area (Å²) in [4.78, 5) is 11.9. The van der Waals surface area contributed by atoms with E-state index in [1.165, 1.54) is 18.2 Å². The van der Waals surface area contributed by atoms with Gasteiger partial charge in [0.2, 0.25) is 10.0 Å². The Hall–Kier alpha value is -2.50. The summed E-state index contributed by atoms with van der Waals surface area (Å²) in [5.41, 5.74) is -0.527. The minimum absolute atomic E-state index is 0.164. The highest BCUT2D eigenvalue weighted by Gasteiger charge is 2.38. The number of nitrogens with zero attached hydrogens (tertiary/aromatic N) is 1. The van der Waals surface area contributed by atoms with Gasteiger partial charge in [-0.05, 0) is 18.2 Å². The molecule has 1 fully saturated rings. The third-order valence-electron chi connectivity index (χ3n) is 4.16. The number of aliphatic hydroxyl groups excluding tert-OH is 1. The van der Waals surface area contributed by atoms with Crippen LogP contribution in [-0.2, 0) is 10.0 Å². The highest BCUT2D eigenvalue weighted by molar-refractivity contribution is 7.89. The number of hydrogen-bond acceptors (Lipinski definition) is 4. The molecule has 0 bridgehead atoms. The third-order valence-corrected chi connectivity index (χ3v) is 5.99. The van der Waals surface area contributed by atoms with Crippen LogP contribution in [0.5, 0.6) is 0 Å². The fourth-order valence-corrected chi connectivity index (χ4v) is 4.20. The number of anilines is 1. The highest BCUT2D eigenvalue weighted by Crippen LogP contribution is 2.24. The summed E-state index contributed by atoms with van der Waals surface area (Å²) in [6, 6.07) is 5.84. The molecule has 1 saturated heterocycles. The summed E-state index contributed by atoms with van der Waals surface area (Å²) < 4.78 is 78.8. The molecular weight excluding hydrogens is 404 g/mol. The van der Waals surface area contributed by atoms with Crippen molar-refractivity contribution in [1.29, 1.82) is 0 Å². The first-order chi connectivity index (χ1) is 13.1. The number of β-amino-alcohol motifs (C(OH)–C–C–N with tert-alkyl or cyclic N) is 1. The molecule has 1 aliphatic rings. The van der Waals surface area contributed by atoms with Gasteiger partial charge in [-0.1, -0.05) is 6.07 Å². The van der Waals surface area contributed by atoms with Gasteiger partial charge in [0.05, 0.1) is 4.90 Å². The molecule has 3 rings (SSSR count). The maximum absolute atomic E-state index is 13.4.